The molecule has 0 aliphatic rings. The summed E-state index contributed by atoms with van der Waals surface area (Å²) in [6.45, 7) is 9.58. The molecule has 0 aliphatic heterocycles. The molecule has 1 unspecified atom stereocenters. The molecular formula is C24H30ClF2NO5S. The first kappa shape index (κ1) is 28.2. The van der Waals surface area contributed by atoms with E-state index in [1.165, 1.54) is 26.2 Å². The van der Waals surface area contributed by atoms with Gasteiger partial charge in [-0.25, -0.2) is 17.2 Å². The molecule has 0 aliphatic carbocycles. The predicted molar refractivity (Wildman–Crippen MR) is 126 cm³/mol. The number of rotatable bonds is 8. The van der Waals surface area contributed by atoms with Crippen LogP contribution in [0.3, 0.4) is 0 Å². The third-order valence-electron chi connectivity index (χ3n) is 5.28. The van der Waals surface area contributed by atoms with E-state index in [0.29, 0.717) is 5.56 Å². The summed E-state index contributed by atoms with van der Waals surface area (Å²) >= 11 is 5.89. The maximum absolute atomic E-state index is 14.9. The number of methoxy groups -OCH3 is 1. The molecule has 0 aromatic heterocycles. The van der Waals surface area contributed by atoms with Crippen LogP contribution < -0.4 is 4.72 Å². The van der Waals surface area contributed by atoms with E-state index in [9.17, 15) is 22.0 Å². The van der Waals surface area contributed by atoms with Crippen molar-refractivity contribution in [1.29, 1.82) is 0 Å². The molecule has 2 atom stereocenters. The number of nitrogens with one attached hydrogen (secondary N) is 1. The summed E-state index contributed by atoms with van der Waals surface area (Å²) in [6, 6.07) is 3.41. The van der Waals surface area contributed by atoms with Gasteiger partial charge in [-0.15, -0.1) is 0 Å². The van der Waals surface area contributed by atoms with E-state index in [-0.39, 0.29) is 22.8 Å². The van der Waals surface area contributed by atoms with Gasteiger partial charge >= 0.3 is 5.97 Å². The first-order valence-electron chi connectivity index (χ1n) is 10.6. The number of benzene rings is 2. The van der Waals surface area contributed by atoms with Crippen LogP contribution in [0.2, 0.25) is 5.02 Å². The molecule has 0 bridgehead atoms. The second-order valence-electron chi connectivity index (χ2n) is 9.13. The van der Waals surface area contributed by atoms with Crippen molar-refractivity contribution in [2.45, 2.75) is 70.6 Å². The van der Waals surface area contributed by atoms with Gasteiger partial charge in [0.1, 0.15) is 28.2 Å². The summed E-state index contributed by atoms with van der Waals surface area (Å²) in [5, 5.41) is -0.0157. The molecule has 0 fully saturated rings. The Kier molecular flexibility index (Phi) is 8.85. The highest BCUT2D eigenvalue weighted by molar-refractivity contribution is 7.89. The molecule has 2 rings (SSSR count). The molecule has 0 amide bonds. The van der Waals surface area contributed by atoms with E-state index in [2.05, 4.69) is 4.72 Å². The molecule has 0 saturated heterocycles. The Bertz CT molecular complexity index is 1180. The second kappa shape index (κ2) is 10.7. The van der Waals surface area contributed by atoms with Gasteiger partial charge < -0.3 is 9.47 Å². The largest absolute Gasteiger partial charge is 0.459 e. The summed E-state index contributed by atoms with van der Waals surface area (Å²) in [5.41, 5.74) is 0.506. The van der Waals surface area contributed by atoms with Crippen LogP contribution in [0, 0.1) is 25.5 Å². The highest BCUT2D eigenvalue weighted by Gasteiger charge is 2.38. The van der Waals surface area contributed by atoms with Crippen LogP contribution in [0.4, 0.5) is 8.78 Å². The minimum absolute atomic E-state index is 0.0157. The smallest absolute Gasteiger partial charge is 0.325 e. The van der Waals surface area contributed by atoms with Gasteiger partial charge in [0.05, 0.1) is 6.61 Å². The fourth-order valence-corrected chi connectivity index (χ4v) is 5.41. The van der Waals surface area contributed by atoms with Crippen LogP contribution in [0.25, 0.3) is 0 Å². The molecule has 1 N–H and O–H groups in total. The van der Waals surface area contributed by atoms with E-state index < -0.39 is 50.1 Å². The normalized spacial score (nSPS) is 14.1. The zero-order valence-electron chi connectivity index (χ0n) is 20.3. The molecular weight excluding hydrogens is 488 g/mol. The Morgan fingerprint density at radius 1 is 1.15 bits per heavy atom. The number of sulfonamides is 1. The van der Waals surface area contributed by atoms with Gasteiger partial charge in [-0.1, -0.05) is 24.6 Å². The fraction of sp³-hybridized carbons (Fsp3) is 0.458. The lowest BCUT2D eigenvalue weighted by molar-refractivity contribution is -0.157. The zero-order valence-corrected chi connectivity index (χ0v) is 21.8. The van der Waals surface area contributed by atoms with Crippen molar-refractivity contribution < 1.29 is 31.5 Å². The molecule has 2 aromatic rings. The molecule has 10 heteroatoms. The first-order chi connectivity index (χ1) is 15.6. The third-order valence-corrected chi connectivity index (χ3v) is 7.06. The monoisotopic (exact) mass is 517 g/mol. The molecule has 0 heterocycles. The average molecular weight is 518 g/mol. The lowest BCUT2D eigenvalue weighted by Crippen LogP contribution is -2.47. The Labute approximate surface area is 204 Å². The number of ether oxygens (including phenoxy) is 2. The van der Waals surface area contributed by atoms with Crippen LogP contribution in [0.1, 0.15) is 55.9 Å². The Morgan fingerprint density at radius 2 is 1.76 bits per heavy atom. The van der Waals surface area contributed by atoms with Gasteiger partial charge in [-0.2, -0.15) is 4.72 Å². The second-order valence-corrected chi connectivity index (χ2v) is 11.2. The van der Waals surface area contributed by atoms with E-state index in [0.717, 1.165) is 11.6 Å². The van der Waals surface area contributed by atoms with Gasteiger partial charge in [0.2, 0.25) is 10.0 Å². The molecule has 0 saturated carbocycles. The highest BCUT2D eigenvalue weighted by atomic mass is 35.5. The lowest BCUT2D eigenvalue weighted by Gasteiger charge is -2.29. The van der Waals surface area contributed by atoms with Gasteiger partial charge in [-0.3, -0.25) is 4.79 Å². The minimum Gasteiger partial charge on any atom is -0.459 e. The maximum atomic E-state index is 14.9. The van der Waals surface area contributed by atoms with Crippen molar-refractivity contribution in [2.75, 3.05) is 7.11 Å². The Hall–Kier alpha value is -2.07. The number of halogens is 3. The van der Waals surface area contributed by atoms with E-state index in [1.54, 1.807) is 40.7 Å². The third kappa shape index (κ3) is 6.53. The zero-order chi connectivity index (χ0) is 26.0. The number of aryl methyl sites for hydroxylation is 1. The van der Waals surface area contributed by atoms with Crippen molar-refractivity contribution in [2.24, 2.45) is 0 Å². The van der Waals surface area contributed by atoms with Crippen LogP contribution >= 0.6 is 11.6 Å². The average Bonchev–Trinajstić information content (AvgIpc) is 2.67. The minimum atomic E-state index is -4.64. The summed E-state index contributed by atoms with van der Waals surface area (Å²) in [5.74, 6) is -3.61. The summed E-state index contributed by atoms with van der Waals surface area (Å²) in [7, 11) is -3.32. The topological polar surface area (TPSA) is 81.7 Å². The van der Waals surface area contributed by atoms with Crippen LogP contribution in [0.15, 0.2) is 29.2 Å². The first-order valence-corrected chi connectivity index (χ1v) is 12.4. The van der Waals surface area contributed by atoms with Gasteiger partial charge in [0.25, 0.3) is 0 Å². The molecule has 2 aromatic carbocycles. The maximum Gasteiger partial charge on any atom is 0.325 e. The van der Waals surface area contributed by atoms with Crippen LogP contribution in [-0.2, 0) is 30.9 Å². The Balaban J connectivity index is 2.64. The van der Waals surface area contributed by atoms with Gasteiger partial charge in [-0.05, 0) is 69.5 Å². The number of hydrogen-bond acceptors (Lipinski definition) is 5. The lowest BCUT2D eigenvalue weighted by atomic mass is 9.88. The summed E-state index contributed by atoms with van der Waals surface area (Å²) < 4.78 is 69.1. The summed E-state index contributed by atoms with van der Waals surface area (Å²) in [6.07, 6.45) is 0. The van der Waals surface area contributed by atoms with Crippen molar-refractivity contribution in [3.8, 4) is 0 Å². The van der Waals surface area contributed by atoms with Crippen molar-refractivity contribution in [3.63, 3.8) is 0 Å². The predicted octanol–water partition coefficient (Wildman–Crippen LogP) is 5.17. The standard InChI is InChI=1S/C24H30ClF2NO5S/c1-13-8-9-18(26)20(14(13)2)15(3)21(23(29)33-24(4,5)6)28-34(30,31)22-16(12-32-7)10-17(25)11-19(22)27/h8-11,15,21,28H,12H2,1-7H3/t15?,21-/m0/s1. The number of carbonyl (C=O) groups is 1. The SMILES string of the molecule is COCc1cc(Cl)cc(F)c1S(=O)(=O)N[C@H](C(=O)OC(C)(C)C)C(C)c1c(F)ccc(C)c1C. The van der Waals surface area contributed by atoms with Crippen LogP contribution in [-0.4, -0.2) is 33.1 Å². The summed E-state index contributed by atoms with van der Waals surface area (Å²) in [4.78, 5) is 12.4. The van der Waals surface area contributed by atoms with E-state index in [1.807, 2.05) is 0 Å². The molecule has 34 heavy (non-hydrogen) atoms. The van der Waals surface area contributed by atoms with Gasteiger partial charge in [0.15, 0.2) is 0 Å². The van der Waals surface area contributed by atoms with Crippen molar-refractivity contribution in [1.82, 2.24) is 4.72 Å². The quantitative estimate of drug-likeness (QED) is 0.488. The van der Waals surface area contributed by atoms with Crippen molar-refractivity contribution in [3.05, 3.63) is 63.2 Å². The molecule has 0 radical (unpaired) electrons. The number of esters is 1. The van der Waals surface area contributed by atoms with Gasteiger partial charge in [0, 0.05) is 23.6 Å². The fourth-order valence-electron chi connectivity index (χ4n) is 3.65. The van der Waals surface area contributed by atoms with Crippen molar-refractivity contribution >= 4 is 27.6 Å². The molecule has 6 nitrogen and oxygen atoms in total. The number of hydrogen-bond donors (Lipinski definition) is 1. The van der Waals surface area contributed by atoms with E-state index >= 15 is 0 Å². The molecule has 0 spiro atoms. The van der Waals surface area contributed by atoms with E-state index in [4.69, 9.17) is 21.1 Å². The Morgan fingerprint density at radius 3 is 2.32 bits per heavy atom. The molecule has 188 valence electrons. The highest BCUT2D eigenvalue weighted by Crippen LogP contribution is 2.31. The number of carbonyl (C=O) groups excluding carboxylic acids is 1. The van der Waals surface area contributed by atoms with Crippen LogP contribution in [0.5, 0.6) is 0 Å².